The highest BCUT2D eigenvalue weighted by Crippen LogP contribution is 2.33. The summed E-state index contributed by atoms with van der Waals surface area (Å²) in [6, 6.07) is 2.10. The first kappa shape index (κ1) is 15.6. The Hall–Kier alpha value is -0.810. The lowest BCUT2D eigenvalue weighted by Crippen LogP contribution is -2.40. The Balaban J connectivity index is 1.56. The molecule has 0 spiro atoms. The van der Waals surface area contributed by atoms with E-state index in [-0.39, 0.29) is 6.09 Å². The summed E-state index contributed by atoms with van der Waals surface area (Å²) in [5.41, 5.74) is -0.427. The van der Waals surface area contributed by atoms with Gasteiger partial charge in [0.2, 0.25) is 0 Å². The van der Waals surface area contributed by atoms with Crippen molar-refractivity contribution in [3.63, 3.8) is 0 Å². The van der Waals surface area contributed by atoms with Gasteiger partial charge in [-0.15, -0.1) is 0 Å². The number of ether oxygens (including phenoxy) is 1. The SMILES string of the molecule is CC1CC(NCCNC(=O)OC(C)(C)C)CN1C1CC1. The maximum atomic E-state index is 11.5. The molecule has 1 heterocycles. The number of carbonyl (C=O) groups is 1. The lowest BCUT2D eigenvalue weighted by atomic mass is 10.2. The Labute approximate surface area is 122 Å². The fourth-order valence-electron chi connectivity index (χ4n) is 2.87. The molecular formula is C15H29N3O2. The maximum absolute atomic E-state index is 11.5. The van der Waals surface area contributed by atoms with E-state index in [2.05, 4.69) is 22.5 Å². The number of nitrogens with one attached hydrogen (secondary N) is 2. The fraction of sp³-hybridized carbons (Fsp3) is 0.933. The van der Waals surface area contributed by atoms with Crippen LogP contribution < -0.4 is 10.6 Å². The molecule has 20 heavy (non-hydrogen) atoms. The Morgan fingerprint density at radius 2 is 2.00 bits per heavy atom. The molecule has 0 bridgehead atoms. The van der Waals surface area contributed by atoms with Crippen molar-refractivity contribution in [2.45, 2.75) is 70.7 Å². The van der Waals surface area contributed by atoms with Crippen LogP contribution in [0.2, 0.25) is 0 Å². The van der Waals surface area contributed by atoms with Gasteiger partial charge in [0.15, 0.2) is 0 Å². The van der Waals surface area contributed by atoms with Gasteiger partial charge in [-0.1, -0.05) is 0 Å². The first-order valence-electron chi connectivity index (χ1n) is 7.81. The van der Waals surface area contributed by atoms with Gasteiger partial charge in [0.25, 0.3) is 0 Å². The van der Waals surface area contributed by atoms with E-state index in [0.29, 0.717) is 18.6 Å². The molecule has 5 heteroatoms. The maximum Gasteiger partial charge on any atom is 0.407 e. The molecule has 5 nitrogen and oxygen atoms in total. The highest BCUT2D eigenvalue weighted by atomic mass is 16.6. The van der Waals surface area contributed by atoms with E-state index in [1.165, 1.54) is 19.3 Å². The van der Waals surface area contributed by atoms with E-state index in [1.807, 2.05) is 20.8 Å². The number of hydrogen-bond acceptors (Lipinski definition) is 4. The van der Waals surface area contributed by atoms with Crippen molar-refractivity contribution in [2.75, 3.05) is 19.6 Å². The molecule has 0 aromatic rings. The smallest absolute Gasteiger partial charge is 0.407 e. The largest absolute Gasteiger partial charge is 0.444 e. The van der Waals surface area contributed by atoms with Gasteiger partial charge in [-0.25, -0.2) is 4.79 Å². The Morgan fingerprint density at radius 1 is 1.30 bits per heavy atom. The highest BCUT2D eigenvalue weighted by molar-refractivity contribution is 5.67. The topological polar surface area (TPSA) is 53.6 Å². The molecule has 2 fully saturated rings. The predicted octanol–water partition coefficient (Wildman–Crippen LogP) is 1.73. The molecule has 116 valence electrons. The monoisotopic (exact) mass is 283 g/mol. The molecule has 1 amide bonds. The number of likely N-dealkylation sites (tertiary alicyclic amines) is 1. The van der Waals surface area contributed by atoms with E-state index in [4.69, 9.17) is 4.74 Å². The lowest BCUT2D eigenvalue weighted by Gasteiger charge is -2.20. The summed E-state index contributed by atoms with van der Waals surface area (Å²) in [7, 11) is 0. The third-order valence-electron chi connectivity index (χ3n) is 3.87. The highest BCUT2D eigenvalue weighted by Gasteiger charge is 2.38. The van der Waals surface area contributed by atoms with Crippen molar-refractivity contribution in [3.05, 3.63) is 0 Å². The van der Waals surface area contributed by atoms with Gasteiger partial charge in [-0.3, -0.25) is 4.90 Å². The second kappa shape index (κ2) is 6.31. The van der Waals surface area contributed by atoms with Crippen LogP contribution in [-0.2, 0) is 4.74 Å². The van der Waals surface area contributed by atoms with E-state index >= 15 is 0 Å². The predicted molar refractivity (Wildman–Crippen MR) is 79.8 cm³/mol. The molecule has 0 aromatic heterocycles. The Bertz CT molecular complexity index is 337. The van der Waals surface area contributed by atoms with Gasteiger partial charge in [-0.05, 0) is 47.0 Å². The van der Waals surface area contributed by atoms with Crippen LogP contribution in [0.15, 0.2) is 0 Å². The average Bonchev–Trinajstić information content (AvgIpc) is 3.07. The zero-order chi connectivity index (χ0) is 14.8. The van der Waals surface area contributed by atoms with Crippen molar-refractivity contribution in [1.29, 1.82) is 0 Å². The molecule has 1 saturated carbocycles. The van der Waals surface area contributed by atoms with Crippen LogP contribution in [0.4, 0.5) is 4.79 Å². The number of alkyl carbamates (subject to hydrolysis) is 1. The molecule has 2 aliphatic rings. The van der Waals surface area contributed by atoms with Gasteiger partial charge in [0.05, 0.1) is 0 Å². The van der Waals surface area contributed by atoms with Gasteiger partial charge in [0.1, 0.15) is 5.60 Å². The molecule has 1 aliphatic heterocycles. The van der Waals surface area contributed by atoms with E-state index < -0.39 is 5.60 Å². The summed E-state index contributed by atoms with van der Waals surface area (Å²) in [5.74, 6) is 0. The summed E-state index contributed by atoms with van der Waals surface area (Å²) in [4.78, 5) is 14.1. The van der Waals surface area contributed by atoms with Crippen LogP contribution in [0.1, 0.15) is 47.0 Å². The molecule has 1 aliphatic carbocycles. The minimum Gasteiger partial charge on any atom is -0.444 e. The van der Waals surface area contributed by atoms with Gasteiger partial charge in [0, 0.05) is 37.8 Å². The molecular weight excluding hydrogens is 254 g/mol. The molecule has 0 aromatic carbocycles. The first-order valence-corrected chi connectivity index (χ1v) is 7.81. The van der Waals surface area contributed by atoms with Crippen molar-refractivity contribution in [3.8, 4) is 0 Å². The summed E-state index contributed by atoms with van der Waals surface area (Å²) in [6.45, 7) is 10.5. The zero-order valence-electron chi connectivity index (χ0n) is 13.2. The lowest BCUT2D eigenvalue weighted by molar-refractivity contribution is 0.0528. The Kier molecular flexibility index (Phi) is 4.91. The summed E-state index contributed by atoms with van der Waals surface area (Å²) in [5, 5.41) is 6.31. The van der Waals surface area contributed by atoms with E-state index in [9.17, 15) is 4.79 Å². The molecule has 1 saturated heterocycles. The first-order chi connectivity index (χ1) is 9.35. The van der Waals surface area contributed by atoms with Crippen LogP contribution in [0.5, 0.6) is 0 Å². The average molecular weight is 283 g/mol. The standard InChI is InChI=1S/C15H29N3O2/c1-11-9-12(10-18(11)13-5-6-13)16-7-8-17-14(19)20-15(2,3)4/h11-13,16H,5-10H2,1-4H3,(H,17,19). The second-order valence-electron chi connectivity index (χ2n) is 7.09. The second-order valence-corrected chi connectivity index (χ2v) is 7.09. The van der Waals surface area contributed by atoms with Crippen molar-refractivity contribution in [2.24, 2.45) is 0 Å². The molecule has 2 atom stereocenters. The molecule has 2 rings (SSSR count). The normalized spacial score (nSPS) is 27.6. The number of amides is 1. The summed E-state index contributed by atoms with van der Waals surface area (Å²) in [6.07, 6.45) is 3.62. The quantitative estimate of drug-likeness (QED) is 0.755. The summed E-state index contributed by atoms with van der Waals surface area (Å²) < 4.78 is 5.20. The van der Waals surface area contributed by atoms with Crippen LogP contribution in [-0.4, -0.2) is 54.4 Å². The van der Waals surface area contributed by atoms with Crippen molar-refractivity contribution >= 4 is 6.09 Å². The van der Waals surface area contributed by atoms with Crippen LogP contribution in [0, 0.1) is 0 Å². The molecule has 2 N–H and O–H groups in total. The minimum absolute atomic E-state index is 0.335. The van der Waals surface area contributed by atoms with Crippen LogP contribution in [0.3, 0.4) is 0 Å². The Morgan fingerprint density at radius 3 is 2.60 bits per heavy atom. The third-order valence-corrected chi connectivity index (χ3v) is 3.87. The van der Waals surface area contributed by atoms with Gasteiger partial charge >= 0.3 is 6.09 Å². The number of hydrogen-bond donors (Lipinski definition) is 2. The molecule has 0 radical (unpaired) electrons. The summed E-state index contributed by atoms with van der Waals surface area (Å²) >= 11 is 0. The van der Waals surface area contributed by atoms with Crippen molar-refractivity contribution in [1.82, 2.24) is 15.5 Å². The molecule has 2 unspecified atom stereocenters. The van der Waals surface area contributed by atoms with Crippen LogP contribution in [0.25, 0.3) is 0 Å². The van der Waals surface area contributed by atoms with Crippen LogP contribution >= 0.6 is 0 Å². The third kappa shape index (κ3) is 4.94. The number of nitrogens with zero attached hydrogens (tertiary/aromatic N) is 1. The number of rotatable bonds is 5. The van der Waals surface area contributed by atoms with Gasteiger partial charge < -0.3 is 15.4 Å². The minimum atomic E-state index is -0.427. The zero-order valence-corrected chi connectivity index (χ0v) is 13.2. The fourth-order valence-corrected chi connectivity index (χ4v) is 2.87. The number of carbonyl (C=O) groups excluding carboxylic acids is 1. The van der Waals surface area contributed by atoms with E-state index in [1.54, 1.807) is 0 Å². The van der Waals surface area contributed by atoms with Gasteiger partial charge in [-0.2, -0.15) is 0 Å². The van der Waals surface area contributed by atoms with Crippen molar-refractivity contribution < 1.29 is 9.53 Å². The van der Waals surface area contributed by atoms with E-state index in [0.717, 1.165) is 19.1 Å².